The molecule has 0 radical (unpaired) electrons. The Bertz CT molecular complexity index is 376. The third-order valence-electron chi connectivity index (χ3n) is 1.77. The van der Waals surface area contributed by atoms with Crippen LogP contribution in [0, 0.1) is 0 Å². The second kappa shape index (κ2) is 13.0. The molecule has 0 fully saturated rings. The third-order valence-corrected chi connectivity index (χ3v) is 3.58. The van der Waals surface area contributed by atoms with Gasteiger partial charge in [-0.1, -0.05) is 0 Å². The molecule has 22 heavy (non-hydrogen) atoms. The van der Waals surface area contributed by atoms with Gasteiger partial charge in [0.1, 0.15) is 0 Å². The second-order valence-electron chi connectivity index (χ2n) is 3.31. The van der Waals surface area contributed by atoms with Crippen molar-refractivity contribution in [1.82, 2.24) is 0 Å². The van der Waals surface area contributed by atoms with Gasteiger partial charge in [-0.3, -0.25) is 0 Å². The summed E-state index contributed by atoms with van der Waals surface area (Å²) in [5, 5.41) is 0. The minimum absolute atomic E-state index is 0.0587. The van der Waals surface area contributed by atoms with Gasteiger partial charge in [-0.05, 0) is 59.6 Å². The molecule has 0 aromatic carbocycles. The van der Waals surface area contributed by atoms with E-state index < -0.39 is 8.25 Å². The van der Waals surface area contributed by atoms with E-state index in [4.69, 9.17) is 28.0 Å². The SMILES string of the molecule is CCO/C(Br)=C(\OCC)O[PH](=O)O/C(OCC)=C(\Br)OCC. The average molecular weight is 468 g/mol. The minimum atomic E-state index is -2.99. The van der Waals surface area contributed by atoms with E-state index in [0.717, 1.165) is 0 Å². The Balaban J connectivity index is 4.93. The third kappa shape index (κ3) is 8.80. The van der Waals surface area contributed by atoms with E-state index in [-0.39, 0.29) is 21.2 Å². The van der Waals surface area contributed by atoms with Crippen LogP contribution < -0.4 is 0 Å². The molecule has 0 rings (SSSR count). The van der Waals surface area contributed by atoms with Gasteiger partial charge >= 0.3 is 20.1 Å². The molecule has 130 valence electrons. The normalized spacial score (nSPS) is 13.0. The highest BCUT2D eigenvalue weighted by Crippen LogP contribution is 2.35. The van der Waals surface area contributed by atoms with E-state index >= 15 is 0 Å². The Labute approximate surface area is 148 Å². The lowest BCUT2D eigenvalue weighted by Gasteiger charge is -2.15. The van der Waals surface area contributed by atoms with Gasteiger partial charge < -0.3 is 28.0 Å². The van der Waals surface area contributed by atoms with Crippen LogP contribution in [0.5, 0.6) is 0 Å². The van der Waals surface area contributed by atoms with Gasteiger partial charge in [-0.25, -0.2) is 4.57 Å². The highest BCUT2D eigenvalue weighted by molar-refractivity contribution is 9.11. The summed E-state index contributed by atoms with van der Waals surface area (Å²) in [6.45, 7) is 8.49. The van der Waals surface area contributed by atoms with Gasteiger partial charge in [-0.2, -0.15) is 0 Å². The van der Waals surface area contributed by atoms with Crippen molar-refractivity contribution in [3.63, 3.8) is 0 Å². The molecule has 0 unspecified atom stereocenters. The predicted octanol–water partition coefficient (Wildman–Crippen LogP) is 4.60. The zero-order valence-electron chi connectivity index (χ0n) is 12.9. The number of halogens is 2. The van der Waals surface area contributed by atoms with E-state index in [1.165, 1.54) is 0 Å². The first-order valence-electron chi connectivity index (χ1n) is 6.70. The van der Waals surface area contributed by atoms with Crippen LogP contribution in [0.15, 0.2) is 21.2 Å². The Morgan fingerprint density at radius 2 is 1.05 bits per heavy atom. The van der Waals surface area contributed by atoms with Crippen molar-refractivity contribution in [2.24, 2.45) is 0 Å². The van der Waals surface area contributed by atoms with E-state index in [1.807, 2.05) is 0 Å². The molecule has 0 bridgehead atoms. The Hall–Kier alpha value is -0.530. The first-order valence-corrected chi connectivity index (χ1v) is 9.51. The van der Waals surface area contributed by atoms with Crippen molar-refractivity contribution >= 4 is 40.1 Å². The van der Waals surface area contributed by atoms with Gasteiger partial charge in [0, 0.05) is 0 Å². The fraction of sp³-hybridized carbons (Fsp3) is 0.667. The monoisotopic (exact) mass is 466 g/mol. The molecule has 0 saturated heterocycles. The summed E-state index contributed by atoms with van der Waals surface area (Å²) >= 11 is 6.27. The predicted molar refractivity (Wildman–Crippen MR) is 89.6 cm³/mol. The quantitative estimate of drug-likeness (QED) is 0.307. The molecular weight excluding hydrogens is 447 g/mol. The van der Waals surface area contributed by atoms with Gasteiger partial charge in [0.05, 0.1) is 26.4 Å². The van der Waals surface area contributed by atoms with E-state index in [9.17, 15) is 4.57 Å². The lowest BCUT2D eigenvalue weighted by atomic mass is 10.8. The maximum atomic E-state index is 12.0. The molecule has 0 amide bonds. The molecule has 0 saturated carbocycles. The number of rotatable bonds is 12. The molecule has 0 aromatic rings. The lowest BCUT2D eigenvalue weighted by molar-refractivity contribution is 0.0620. The molecule has 10 heteroatoms. The Kier molecular flexibility index (Phi) is 12.6. The van der Waals surface area contributed by atoms with Crippen molar-refractivity contribution in [2.45, 2.75) is 27.7 Å². The van der Waals surface area contributed by atoms with Crippen LogP contribution in [0.1, 0.15) is 27.7 Å². The molecule has 0 aliphatic carbocycles. The summed E-state index contributed by atoms with van der Waals surface area (Å²) in [6.07, 6.45) is 0. The Morgan fingerprint density at radius 3 is 1.32 bits per heavy atom. The fourth-order valence-corrected chi connectivity index (χ4v) is 2.85. The average Bonchev–Trinajstić information content (AvgIpc) is 2.46. The smallest absolute Gasteiger partial charge is 0.423 e. The molecule has 0 aromatic heterocycles. The Morgan fingerprint density at radius 1 is 0.727 bits per heavy atom. The number of ether oxygens (including phenoxy) is 4. The van der Waals surface area contributed by atoms with Gasteiger partial charge in [0.25, 0.3) is 0 Å². The standard InChI is InChI=1S/C12H21Br2O7P/c1-5-16-9(13)11(18-7-3)20-22(15)21-12(19-8-4)10(14)17-6-2/h22H,5-8H2,1-4H3/b11-9+,12-10+. The van der Waals surface area contributed by atoms with Crippen molar-refractivity contribution in [3.8, 4) is 0 Å². The zero-order chi connectivity index (χ0) is 17.0. The van der Waals surface area contributed by atoms with Crippen LogP contribution in [0.3, 0.4) is 0 Å². The van der Waals surface area contributed by atoms with E-state index in [0.29, 0.717) is 26.4 Å². The highest BCUT2D eigenvalue weighted by Gasteiger charge is 2.18. The highest BCUT2D eigenvalue weighted by atomic mass is 79.9. The van der Waals surface area contributed by atoms with Crippen molar-refractivity contribution in [2.75, 3.05) is 26.4 Å². The zero-order valence-corrected chi connectivity index (χ0v) is 17.1. The van der Waals surface area contributed by atoms with Crippen LogP contribution >= 0.6 is 40.1 Å². The summed E-state index contributed by atoms with van der Waals surface area (Å²) in [7, 11) is -2.99. The van der Waals surface area contributed by atoms with E-state index in [1.54, 1.807) is 27.7 Å². The van der Waals surface area contributed by atoms with Crippen molar-refractivity contribution in [1.29, 1.82) is 0 Å². The fourth-order valence-electron chi connectivity index (χ4n) is 1.06. The maximum Gasteiger partial charge on any atom is 0.423 e. The first kappa shape index (κ1) is 21.5. The van der Waals surface area contributed by atoms with E-state index in [2.05, 4.69) is 31.9 Å². The molecule has 0 heterocycles. The summed E-state index contributed by atoms with van der Waals surface area (Å²) in [6, 6.07) is 0. The van der Waals surface area contributed by atoms with Gasteiger partial charge in [0.2, 0.25) is 9.34 Å². The van der Waals surface area contributed by atoms with Crippen LogP contribution in [-0.2, 0) is 32.6 Å². The largest absolute Gasteiger partial charge is 0.482 e. The van der Waals surface area contributed by atoms with Crippen LogP contribution in [0.25, 0.3) is 0 Å². The number of hydrogen-bond donors (Lipinski definition) is 0. The molecule has 0 aliphatic rings. The van der Waals surface area contributed by atoms with Gasteiger partial charge in [0.15, 0.2) is 0 Å². The first-order chi connectivity index (χ1) is 10.5. The van der Waals surface area contributed by atoms with Crippen LogP contribution in [-0.4, -0.2) is 26.4 Å². The number of hydrogen-bond acceptors (Lipinski definition) is 7. The van der Waals surface area contributed by atoms with Crippen LogP contribution in [0.4, 0.5) is 0 Å². The molecular formula is C12H21Br2O7P. The molecule has 0 atom stereocenters. The lowest BCUT2D eigenvalue weighted by Crippen LogP contribution is -2.02. The molecule has 0 spiro atoms. The summed E-state index contributed by atoms with van der Waals surface area (Å²) in [5.41, 5.74) is 0. The summed E-state index contributed by atoms with van der Waals surface area (Å²) < 4.78 is 43.4. The summed E-state index contributed by atoms with van der Waals surface area (Å²) in [4.78, 5) is 0. The second-order valence-corrected chi connectivity index (χ2v) is 5.66. The molecule has 0 aliphatic heterocycles. The molecule has 0 N–H and O–H groups in total. The van der Waals surface area contributed by atoms with Crippen LogP contribution in [0.2, 0.25) is 0 Å². The van der Waals surface area contributed by atoms with Crippen molar-refractivity contribution < 1.29 is 32.6 Å². The minimum Gasteiger partial charge on any atom is -0.482 e. The van der Waals surface area contributed by atoms with Gasteiger partial charge in [-0.15, -0.1) is 0 Å². The topological polar surface area (TPSA) is 72.5 Å². The maximum absolute atomic E-state index is 12.0. The summed E-state index contributed by atoms with van der Waals surface area (Å²) in [5.74, 6) is -0.117. The van der Waals surface area contributed by atoms with Crippen molar-refractivity contribution in [3.05, 3.63) is 21.2 Å². The molecule has 7 nitrogen and oxygen atoms in total.